The van der Waals surface area contributed by atoms with Crippen LogP contribution in [0.25, 0.3) is 0 Å². The largest absolute Gasteiger partial charge is 0.468 e. The third kappa shape index (κ3) is 1.00. The summed E-state index contributed by atoms with van der Waals surface area (Å²) < 4.78 is 7.05. The zero-order valence-electron chi connectivity index (χ0n) is 6.58. The highest BCUT2D eigenvalue weighted by atomic mass is 16.5. The highest BCUT2D eigenvalue weighted by molar-refractivity contribution is 5.00. The van der Waals surface area contributed by atoms with Gasteiger partial charge < -0.3 is 4.74 Å². The fourth-order valence-corrected chi connectivity index (χ4v) is 1.32. The van der Waals surface area contributed by atoms with Crippen molar-refractivity contribution in [3.8, 4) is 6.01 Å². The molecule has 0 atom stereocenters. The highest BCUT2D eigenvalue weighted by Crippen LogP contribution is 2.33. The van der Waals surface area contributed by atoms with Gasteiger partial charge in [-0.3, -0.25) is 4.57 Å². The van der Waals surface area contributed by atoms with Crippen LogP contribution in [0.5, 0.6) is 6.01 Å². The monoisotopic (exact) mass is 151 g/mol. The SMILES string of the molecule is COc1nc[c]n1C1CCC1. The van der Waals surface area contributed by atoms with Crippen LogP contribution in [0.15, 0.2) is 6.20 Å². The van der Waals surface area contributed by atoms with E-state index < -0.39 is 0 Å². The second-order valence-electron chi connectivity index (χ2n) is 2.83. The number of imidazole rings is 1. The lowest BCUT2D eigenvalue weighted by Gasteiger charge is -2.26. The standard InChI is InChI=1S/C8H11N2O/c1-11-8-9-5-6-10(8)7-3-2-4-7/h5,7H,2-4H2,1H3. The van der Waals surface area contributed by atoms with Crippen molar-refractivity contribution in [2.45, 2.75) is 25.3 Å². The minimum Gasteiger partial charge on any atom is -0.468 e. The molecule has 3 heteroatoms. The fraction of sp³-hybridized carbons (Fsp3) is 0.625. The Morgan fingerprint density at radius 1 is 1.73 bits per heavy atom. The van der Waals surface area contributed by atoms with Gasteiger partial charge in [0.1, 0.15) is 0 Å². The van der Waals surface area contributed by atoms with Crippen LogP contribution in [0.4, 0.5) is 0 Å². The molecule has 59 valence electrons. The van der Waals surface area contributed by atoms with Crippen molar-refractivity contribution < 1.29 is 4.74 Å². The molecule has 0 amide bonds. The molecule has 0 bridgehead atoms. The van der Waals surface area contributed by atoms with E-state index in [1.807, 2.05) is 4.57 Å². The summed E-state index contributed by atoms with van der Waals surface area (Å²) in [6.45, 7) is 0. The average Bonchev–Trinajstić information content (AvgIpc) is 2.32. The van der Waals surface area contributed by atoms with E-state index in [4.69, 9.17) is 4.74 Å². The lowest BCUT2D eigenvalue weighted by Crippen LogP contribution is -2.17. The second-order valence-corrected chi connectivity index (χ2v) is 2.83. The van der Waals surface area contributed by atoms with Gasteiger partial charge in [-0.25, -0.2) is 4.98 Å². The van der Waals surface area contributed by atoms with E-state index in [0.717, 1.165) is 0 Å². The minimum atomic E-state index is 0.590. The zero-order valence-corrected chi connectivity index (χ0v) is 6.58. The van der Waals surface area contributed by atoms with Gasteiger partial charge in [0, 0.05) is 6.04 Å². The first kappa shape index (κ1) is 6.70. The van der Waals surface area contributed by atoms with Crippen molar-refractivity contribution in [2.75, 3.05) is 7.11 Å². The van der Waals surface area contributed by atoms with Crippen molar-refractivity contribution in [1.29, 1.82) is 0 Å². The molecular formula is C8H11N2O. The van der Waals surface area contributed by atoms with Crippen LogP contribution in [0.1, 0.15) is 25.3 Å². The van der Waals surface area contributed by atoms with Gasteiger partial charge in [-0.2, -0.15) is 0 Å². The molecule has 3 nitrogen and oxygen atoms in total. The fourth-order valence-electron chi connectivity index (χ4n) is 1.32. The van der Waals surface area contributed by atoms with Crippen molar-refractivity contribution in [3.05, 3.63) is 12.4 Å². The van der Waals surface area contributed by atoms with Gasteiger partial charge in [0.2, 0.25) is 0 Å². The Bertz CT molecular complexity index is 240. The van der Waals surface area contributed by atoms with Crippen molar-refractivity contribution in [3.63, 3.8) is 0 Å². The van der Waals surface area contributed by atoms with Crippen molar-refractivity contribution in [1.82, 2.24) is 9.55 Å². The number of hydrogen-bond acceptors (Lipinski definition) is 2. The number of methoxy groups -OCH3 is 1. The number of ether oxygens (including phenoxy) is 1. The summed E-state index contributed by atoms with van der Waals surface area (Å²) in [6.07, 6.45) is 8.50. The summed E-state index contributed by atoms with van der Waals surface area (Å²) >= 11 is 0. The minimum absolute atomic E-state index is 0.590. The lowest BCUT2D eigenvalue weighted by molar-refractivity contribution is 0.266. The van der Waals surface area contributed by atoms with E-state index >= 15 is 0 Å². The van der Waals surface area contributed by atoms with E-state index in [-0.39, 0.29) is 0 Å². The van der Waals surface area contributed by atoms with Crippen LogP contribution in [0.2, 0.25) is 0 Å². The van der Waals surface area contributed by atoms with Gasteiger partial charge in [-0.15, -0.1) is 0 Å². The van der Waals surface area contributed by atoms with E-state index in [0.29, 0.717) is 12.1 Å². The van der Waals surface area contributed by atoms with Gasteiger partial charge in [-0.1, -0.05) is 0 Å². The first-order valence-electron chi connectivity index (χ1n) is 3.90. The quantitative estimate of drug-likeness (QED) is 0.639. The molecule has 0 aromatic carbocycles. The Kier molecular flexibility index (Phi) is 1.56. The number of rotatable bonds is 2. The zero-order chi connectivity index (χ0) is 7.68. The molecular weight excluding hydrogens is 140 g/mol. The molecule has 1 aliphatic rings. The molecule has 0 unspecified atom stereocenters. The first-order chi connectivity index (χ1) is 5.42. The number of hydrogen-bond donors (Lipinski definition) is 0. The number of aromatic nitrogens is 2. The van der Waals surface area contributed by atoms with Gasteiger partial charge >= 0.3 is 0 Å². The van der Waals surface area contributed by atoms with Crippen LogP contribution in [0.3, 0.4) is 0 Å². The van der Waals surface area contributed by atoms with Crippen LogP contribution < -0.4 is 4.74 Å². The summed E-state index contributed by atoms with van der Waals surface area (Å²) in [4.78, 5) is 4.02. The third-order valence-electron chi connectivity index (χ3n) is 2.20. The predicted octanol–water partition coefficient (Wildman–Crippen LogP) is 1.42. The normalized spacial score (nSPS) is 17.9. The van der Waals surface area contributed by atoms with E-state index in [2.05, 4.69) is 11.2 Å². The van der Waals surface area contributed by atoms with Gasteiger partial charge in [0.05, 0.1) is 19.5 Å². The Hall–Kier alpha value is -0.990. The molecule has 0 saturated heterocycles. The molecule has 1 aromatic heterocycles. The molecule has 1 heterocycles. The Morgan fingerprint density at radius 3 is 3.09 bits per heavy atom. The molecule has 1 aromatic rings. The molecule has 0 spiro atoms. The van der Waals surface area contributed by atoms with Gasteiger partial charge in [0.25, 0.3) is 6.01 Å². The Balaban J connectivity index is 2.20. The topological polar surface area (TPSA) is 27.1 Å². The van der Waals surface area contributed by atoms with E-state index in [1.54, 1.807) is 13.3 Å². The molecule has 0 N–H and O–H groups in total. The van der Waals surface area contributed by atoms with Gasteiger partial charge in [0.15, 0.2) is 0 Å². The summed E-state index contributed by atoms with van der Waals surface area (Å²) in [5, 5.41) is 0. The Morgan fingerprint density at radius 2 is 2.55 bits per heavy atom. The van der Waals surface area contributed by atoms with Crippen LogP contribution in [-0.2, 0) is 0 Å². The lowest BCUT2D eigenvalue weighted by atomic mass is 9.93. The third-order valence-corrected chi connectivity index (χ3v) is 2.20. The van der Waals surface area contributed by atoms with Crippen LogP contribution >= 0.6 is 0 Å². The average molecular weight is 151 g/mol. The van der Waals surface area contributed by atoms with Crippen molar-refractivity contribution in [2.24, 2.45) is 0 Å². The van der Waals surface area contributed by atoms with E-state index in [1.165, 1.54) is 19.3 Å². The predicted molar refractivity (Wildman–Crippen MR) is 40.5 cm³/mol. The maximum atomic E-state index is 5.06. The van der Waals surface area contributed by atoms with Crippen molar-refractivity contribution >= 4 is 0 Å². The maximum Gasteiger partial charge on any atom is 0.296 e. The van der Waals surface area contributed by atoms with Gasteiger partial charge in [-0.05, 0) is 19.3 Å². The summed E-state index contributed by atoms with van der Waals surface area (Å²) in [6, 6.07) is 1.28. The maximum absolute atomic E-state index is 5.06. The van der Waals surface area contributed by atoms with Crippen LogP contribution in [-0.4, -0.2) is 16.7 Å². The molecule has 0 aliphatic heterocycles. The molecule has 1 saturated carbocycles. The highest BCUT2D eigenvalue weighted by Gasteiger charge is 2.21. The smallest absolute Gasteiger partial charge is 0.296 e. The molecule has 1 aliphatic carbocycles. The summed E-state index contributed by atoms with van der Waals surface area (Å²) in [7, 11) is 1.64. The number of nitrogens with zero attached hydrogens (tertiary/aromatic N) is 2. The Labute approximate surface area is 66.0 Å². The molecule has 11 heavy (non-hydrogen) atoms. The summed E-state index contributed by atoms with van der Waals surface area (Å²) in [5.41, 5.74) is 0. The first-order valence-corrected chi connectivity index (χ1v) is 3.90. The molecule has 1 radical (unpaired) electrons. The summed E-state index contributed by atoms with van der Waals surface area (Å²) in [5.74, 6) is 0. The van der Waals surface area contributed by atoms with Crippen LogP contribution in [0, 0.1) is 6.20 Å². The molecule has 2 rings (SSSR count). The second kappa shape index (κ2) is 2.57. The van der Waals surface area contributed by atoms with E-state index in [9.17, 15) is 0 Å². The molecule has 1 fully saturated rings.